The van der Waals surface area contributed by atoms with Crippen LogP contribution < -0.4 is 5.32 Å². The SMILES string of the molecule is CC(Br)CCNC(=O)c1cccc(Br)c1. The zero-order chi connectivity index (χ0) is 11.3. The summed E-state index contributed by atoms with van der Waals surface area (Å²) in [5.74, 6) is -0.0237. The highest BCUT2D eigenvalue weighted by atomic mass is 79.9. The lowest BCUT2D eigenvalue weighted by atomic mass is 10.2. The molecule has 82 valence electrons. The molecule has 1 N–H and O–H groups in total. The highest BCUT2D eigenvalue weighted by Crippen LogP contribution is 2.11. The van der Waals surface area contributed by atoms with Crippen LogP contribution in [0.2, 0.25) is 0 Å². The van der Waals surface area contributed by atoms with E-state index in [0.29, 0.717) is 16.9 Å². The maximum absolute atomic E-state index is 11.6. The second-order valence-corrected chi connectivity index (χ2v) is 5.81. The van der Waals surface area contributed by atoms with Crippen LogP contribution in [-0.2, 0) is 0 Å². The first kappa shape index (κ1) is 12.7. The summed E-state index contributed by atoms with van der Waals surface area (Å²) in [6, 6.07) is 7.37. The zero-order valence-corrected chi connectivity index (χ0v) is 11.6. The number of nitrogens with one attached hydrogen (secondary N) is 1. The van der Waals surface area contributed by atoms with E-state index in [9.17, 15) is 4.79 Å². The molecule has 4 heteroatoms. The number of carbonyl (C=O) groups is 1. The molecule has 0 fully saturated rings. The quantitative estimate of drug-likeness (QED) is 0.840. The molecule has 0 aliphatic heterocycles. The maximum atomic E-state index is 11.6. The number of rotatable bonds is 4. The van der Waals surface area contributed by atoms with Crippen LogP contribution in [0.1, 0.15) is 23.7 Å². The highest BCUT2D eigenvalue weighted by Gasteiger charge is 2.05. The first-order valence-corrected chi connectivity index (χ1v) is 6.48. The molecular formula is C11H13Br2NO. The summed E-state index contributed by atoms with van der Waals surface area (Å²) in [6.07, 6.45) is 0.930. The van der Waals surface area contributed by atoms with Crippen molar-refractivity contribution in [1.29, 1.82) is 0 Å². The number of halogens is 2. The number of hydrogen-bond donors (Lipinski definition) is 1. The number of alkyl halides is 1. The highest BCUT2D eigenvalue weighted by molar-refractivity contribution is 9.10. The number of carbonyl (C=O) groups excluding carboxylic acids is 1. The molecule has 1 aromatic carbocycles. The van der Waals surface area contributed by atoms with Gasteiger partial charge in [0.2, 0.25) is 0 Å². The van der Waals surface area contributed by atoms with Crippen LogP contribution in [0.5, 0.6) is 0 Å². The lowest BCUT2D eigenvalue weighted by Gasteiger charge is -2.06. The van der Waals surface area contributed by atoms with Crippen LogP contribution in [0.15, 0.2) is 28.7 Å². The topological polar surface area (TPSA) is 29.1 Å². The fraction of sp³-hybridized carbons (Fsp3) is 0.364. The molecule has 0 heterocycles. The summed E-state index contributed by atoms with van der Waals surface area (Å²) in [6.45, 7) is 2.75. The first-order valence-electron chi connectivity index (χ1n) is 4.77. The average molecular weight is 335 g/mol. The van der Waals surface area contributed by atoms with Crippen molar-refractivity contribution in [2.45, 2.75) is 18.2 Å². The van der Waals surface area contributed by atoms with E-state index in [4.69, 9.17) is 0 Å². The maximum Gasteiger partial charge on any atom is 0.251 e. The van der Waals surface area contributed by atoms with Gasteiger partial charge in [-0.3, -0.25) is 4.79 Å². The molecule has 15 heavy (non-hydrogen) atoms. The minimum atomic E-state index is -0.0237. The van der Waals surface area contributed by atoms with Gasteiger partial charge in [0.25, 0.3) is 5.91 Å². The molecule has 0 spiro atoms. The number of benzene rings is 1. The Balaban J connectivity index is 2.47. The Labute approximate surface area is 107 Å². The smallest absolute Gasteiger partial charge is 0.251 e. The number of amides is 1. The molecule has 0 saturated heterocycles. The van der Waals surface area contributed by atoms with Gasteiger partial charge in [-0.15, -0.1) is 0 Å². The lowest BCUT2D eigenvalue weighted by Crippen LogP contribution is -2.25. The minimum absolute atomic E-state index is 0.0237. The molecule has 1 aromatic rings. The molecule has 0 bridgehead atoms. The Morgan fingerprint density at radius 1 is 1.53 bits per heavy atom. The predicted octanol–water partition coefficient (Wildman–Crippen LogP) is 3.35. The third-order valence-corrected chi connectivity index (χ3v) is 2.87. The second kappa shape index (κ2) is 6.28. The van der Waals surface area contributed by atoms with Crippen molar-refractivity contribution in [1.82, 2.24) is 5.32 Å². The van der Waals surface area contributed by atoms with Crippen molar-refractivity contribution in [3.8, 4) is 0 Å². The molecule has 0 aromatic heterocycles. The van der Waals surface area contributed by atoms with Gasteiger partial charge in [0.05, 0.1) is 0 Å². The van der Waals surface area contributed by atoms with E-state index in [-0.39, 0.29) is 5.91 Å². The van der Waals surface area contributed by atoms with Gasteiger partial charge in [0.1, 0.15) is 0 Å². The molecule has 1 amide bonds. The fourth-order valence-electron chi connectivity index (χ4n) is 1.12. The average Bonchev–Trinajstić information content (AvgIpc) is 2.17. The van der Waals surface area contributed by atoms with Crippen LogP contribution >= 0.6 is 31.9 Å². The van der Waals surface area contributed by atoms with Crippen LogP contribution in [0.25, 0.3) is 0 Å². The van der Waals surface area contributed by atoms with Gasteiger partial charge in [0, 0.05) is 21.4 Å². The molecule has 1 rings (SSSR count). The van der Waals surface area contributed by atoms with Crippen molar-refractivity contribution < 1.29 is 4.79 Å². The van der Waals surface area contributed by atoms with Crippen molar-refractivity contribution >= 4 is 37.8 Å². The monoisotopic (exact) mass is 333 g/mol. The van der Waals surface area contributed by atoms with Gasteiger partial charge < -0.3 is 5.32 Å². The van der Waals surface area contributed by atoms with Crippen LogP contribution in [0.4, 0.5) is 0 Å². The van der Waals surface area contributed by atoms with Crippen molar-refractivity contribution in [2.24, 2.45) is 0 Å². The second-order valence-electron chi connectivity index (χ2n) is 3.34. The standard InChI is InChI=1S/C11H13Br2NO/c1-8(12)5-6-14-11(15)9-3-2-4-10(13)7-9/h2-4,7-8H,5-6H2,1H3,(H,14,15). The van der Waals surface area contributed by atoms with E-state index in [1.54, 1.807) is 6.07 Å². The largest absolute Gasteiger partial charge is 0.352 e. The van der Waals surface area contributed by atoms with E-state index < -0.39 is 0 Å². The van der Waals surface area contributed by atoms with Gasteiger partial charge in [0.15, 0.2) is 0 Å². The summed E-state index contributed by atoms with van der Waals surface area (Å²) < 4.78 is 0.920. The third kappa shape index (κ3) is 4.80. The summed E-state index contributed by atoms with van der Waals surface area (Å²) in [5.41, 5.74) is 0.687. The van der Waals surface area contributed by atoms with E-state index in [1.165, 1.54) is 0 Å². The third-order valence-electron chi connectivity index (χ3n) is 1.91. The molecule has 0 aliphatic rings. The van der Waals surface area contributed by atoms with E-state index in [1.807, 2.05) is 18.2 Å². The predicted molar refractivity (Wildman–Crippen MR) is 69.5 cm³/mol. The Morgan fingerprint density at radius 3 is 2.87 bits per heavy atom. The fourth-order valence-corrected chi connectivity index (χ4v) is 1.74. The first-order chi connectivity index (χ1) is 7.09. The van der Waals surface area contributed by atoms with Gasteiger partial charge in [-0.05, 0) is 24.6 Å². The van der Waals surface area contributed by atoms with Gasteiger partial charge in [-0.2, -0.15) is 0 Å². The summed E-state index contributed by atoms with van der Waals surface area (Å²) >= 11 is 6.77. The molecule has 0 radical (unpaired) electrons. The van der Waals surface area contributed by atoms with Crippen molar-refractivity contribution in [2.75, 3.05) is 6.54 Å². The van der Waals surface area contributed by atoms with E-state index in [0.717, 1.165) is 10.9 Å². The summed E-state index contributed by atoms with van der Waals surface area (Å²) in [4.78, 5) is 12.1. The summed E-state index contributed by atoms with van der Waals surface area (Å²) in [7, 11) is 0. The molecular weight excluding hydrogens is 322 g/mol. The van der Waals surface area contributed by atoms with E-state index in [2.05, 4.69) is 44.1 Å². The van der Waals surface area contributed by atoms with Crippen molar-refractivity contribution in [3.63, 3.8) is 0 Å². The Morgan fingerprint density at radius 2 is 2.27 bits per heavy atom. The molecule has 2 nitrogen and oxygen atoms in total. The van der Waals surface area contributed by atoms with Gasteiger partial charge in [-0.25, -0.2) is 0 Å². The molecule has 1 unspecified atom stereocenters. The molecule has 0 saturated carbocycles. The Hall–Kier alpha value is -0.350. The zero-order valence-electron chi connectivity index (χ0n) is 8.47. The van der Waals surface area contributed by atoms with Gasteiger partial charge >= 0.3 is 0 Å². The Bertz CT molecular complexity index is 339. The van der Waals surface area contributed by atoms with Crippen LogP contribution in [0, 0.1) is 0 Å². The number of hydrogen-bond acceptors (Lipinski definition) is 1. The van der Waals surface area contributed by atoms with Crippen LogP contribution in [-0.4, -0.2) is 17.3 Å². The van der Waals surface area contributed by atoms with Crippen LogP contribution in [0.3, 0.4) is 0 Å². The Kier molecular flexibility index (Phi) is 5.32. The normalized spacial score (nSPS) is 12.2. The molecule has 0 aliphatic carbocycles. The minimum Gasteiger partial charge on any atom is -0.352 e. The molecule has 1 atom stereocenters. The van der Waals surface area contributed by atoms with E-state index >= 15 is 0 Å². The van der Waals surface area contributed by atoms with Gasteiger partial charge in [-0.1, -0.05) is 44.8 Å². The summed E-state index contributed by atoms with van der Waals surface area (Å²) in [5, 5.41) is 2.87. The lowest BCUT2D eigenvalue weighted by molar-refractivity contribution is 0.0953. The van der Waals surface area contributed by atoms with Crippen molar-refractivity contribution in [3.05, 3.63) is 34.3 Å².